The molecule has 220 valence electrons. The van der Waals surface area contributed by atoms with Crippen molar-refractivity contribution in [2.24, 2.45) is 0 Å². The Morgan fingerprint density at radius 1 is 0.410 bits per heavy atom. The van der Waals surface area contributed by atoms with E-state index >= 15 is 0 Å². The van der Waals surface area contributed by atoms with E-state index in [4.69, 9.17) is 29.2 Å². The molecule has 0 unspecified atom stereocenters. The van der Waals surface area contributed by atoms with E-state index in [0.717, 1.165) is 64.2 Å². The third-order valence-electron chi connectivity index (χ3n) is 6.29. The Balaban J connectivity index is 3.47. The lowest BCUT2D eigenvalue weighted by Gasteiger charge is -2.08. The first-order valence-corrected chi connectivity index (χ1v) is 16.7. The normalized spacial score (nSPS) is 12.5. The lowest BCUT2D eigenvalue weighted by Crippen LogP contribution is -2.08. The van der Waals surface area contributed by atoms with E-state index < -0.39 is 0 Å². The molecular formula is C36H58OS2. The number of hydrogen-bond acceptors (Lipinski definition) is 3. The summed E-state index contributed by atoms with van der Waals surface area (Å²) in [6, 6.07) is 0. The molecule has 0 radical (unpaired) electrons. The summed E-state index contributed by atoms with van der Waals surface area (Å²) in [5.74, 6) is 0. The van der Waals surface area contributed by atoms with Gasteiger partial charge in [-0.3, -0.25) is 0 Å². The van der Waals surface area contributed by atoms with Crippen molar-refractivity contribution in [3.8, 4) is 0 Å². The summed E-state index contributed by atoms with van der Waals surface area (Å²) in [7, 11) is 0. The van der Waals surface area contributed by atoms with Gasteiger partial charge in [0.1, 0.15) is 0 Å². The fourth-order valence-corrected chi connectivity index (χ4v) is 4.55. The highest BCUT2D eigenvalue weighted by atomic mass is 32.1. The van der Waals surface area contributed by atoms with Gasteiger partial charge < -0.3 is 4.74 Å². The van der Waals surface area contributed by atoms with Crippen molar-refractivity contribution in [3.63, 3.8) is 0 Å². The Labute approximate surface area is 253 Å². The molecule has 0 aromatic rings. The molecule has 0 bridgehead atoms. The highest BCUT2D eigenvalue weighted by molar-refractivity contribution is 7.81. The largest absolute Gasteiger partial charge is 0.443 e. The molecule has 0 rings (SSSR count). The quantitative estimate of drug-likeness (QED) is 0.0581. The van der Waals surface area contributed by atoms with Crippen LogP contribution in [-0.4, -0.2) is 10.1 Å². The molecule has 0 saturated heterocycles. The minimum atomic E-state index is 0.681. The van der Waals surface area contributed by atoms with Crippen molar-refractivity contribution in [3.05, 3.63) is 72.9 Å². The van der Waals surface area contributed by atoms with E-state index in [2.05, 4.69) is 86.8 Å². The molecular weight excluding hydrogens is 513 g/mol. The second kappa shape index (κ2) is 32.6. The second-order valence-electron chi connectivity index (χ2n) is 10.0. The van der Waals surface area contributed by atoms with E-state index in [1.165, 1.54) is 64.2 Å². The number of hydrogen-bond donors (Lipinski definition) is 0. The van der Waals surface area contributed by atoms with Crippen molar-refractivity contribution < 1.29 is 4.74 Å². The van der Waals surface area contributed by atoms with Gasteiger partial charge in [0.05, 0.1) is 0 Å². The molecule has 39 heavy (non-hydrogen) atoms. The van der Waals surface area contributed by atoms with Crippen LogP contribution in [0, 0.1) is 0 Å². The molecule has 1 nitrogen and oxygen atoms in total. The summed E-state index contributed by atoms with van der Waals surface area (Å²) in [6.07, 6.45) is 50.0. The average molecular weight is 571 g/mol. The molecule has 0 N–H and O–H groups in total. The molecule has 0 aromatic heterocycles. The Kier molecular flexibility index (Phi) is 31.3. The summed E-state index contributed by atoms with van der Waals surface area (Å²) in [4.78, 5) is 0. The van der Waals surface area contributed by atoms with Gasteiger partial charge in [0.15, 0.2) is 10.1 Å². The maximum Gasteiger partial charge on any atom is 0.168 e. The molecule has 0 spiro atoms. The molecule has 0 aromatic carbocycles. The Hall–Kier alpha value is -1.58. The maximum atomic E-state index is 5.71. The first kappa shape index (κ1) is 37.4. The van der Waals surface area contributed by atoms with Crippen LogP contribution in [0.5, 0.6) is 0 Å². The van der Waals surface area contributed by atoms with Crippen molar-refractivity contribution in [2.45, 2.75) is 142 Å². The van der Waals surface area contributed by atoms with Crippen molar-refractivity contribution in [1.29, 1.82) is 0 Å². The Bertz CT molecular complexity index is 677. The third-order valence-corrected chi connectivity index (χ3v) is 6.87. The molecule has 0 heterocycles. The van der Waals surface area contributed by atoms with Gasteiger partial charge in [-0.05, 0) is 101 Å². The number of rotatable bonds is 26. The van der Waals surface area contributed by atoms with Gasteiger partial charge in [0.2, 0.25) is 0 Å². The van der Waals surface area contributed by atoms with E-state index in [1.54, 1.807) is 0 Å². The molecule has 0 aliphatic rings. The molecule has 0 amide bonds. The van der Waals surface area contributed by atoms with Gasteiger partial charge >= 0.3 is 0 Å². The Morgan fingerprint density at radius 2 is 0.718 bits per heavy atom. The SMILES string of the molecule is CCC=CCC=CCC=CCCCCCCCC(=S)OC(=S)CCCCCCCC=CCC=CCC=CCC. The van der Waals surface area contributed by atoms with Crippen LogP contribution in [0.2, 0.25) is 0 Å². The lowest BCUT2D eigenvalue weighted by atomic mass is 10.1. The van der Waals surface area contributed by atoms with E-state index in [-0.39, 0.29) is 0 Å². The third kappa shape index (κ3) is 32.5. The van der Waals surface area contributed by atoms with Gasteiger partial charge in [0, 0.05) is 12.8 Å². The molecule has 3 heteroatoms. The zero-order chi connectivity index (χ0) is 28.5. The van der Waals surface area contributed by atoms with Gasteiger partial charge in [-0.2, -0.15) is 0 Å². The summed E-state index contributed by atoms with van der Waals surface area (Å²) < 4.78 is 5.71. The van der Waals surface area contributed by atoms with E-state index in [9.17, 15) is 0 Å². The fourth-order valence-electron chi connectivity index (χ4n) is 4.01. The number of allylic oxidation sites excluding steroid dienone is 12. The Morgan fingerprint density at radius 3 is 1.10 bits per heavy atom. The van der Waals surface area contributed by atoms with Crippen LogP contribution in [0.15, 0.2) is 72.9 Å². The number of unbranched alkanes of at least 4 members (excludes halogenated alkanes) is 10. The van der Waals surface area contributed by atoms with Crippen LogP contribution in [0.1, 0.15) is 142 Å². The molecule has 0 atom stereocenters. The van der Waals surface area contributed by atoms with Crippen molar-refractivity contribution in [2.75, 3.05) is 0 Å². The zero-order valence-corrected chi connectivity index (χ0v) is 26.9. The molecule has 0 aliphatic carbocycles. The average Bonchev–Trinajstić information content (AvgIpc) is 2.93. The maximum absolute atomic E-state index is 5.71. The van der Waals surface area contributed by atoms with Gasteiger partial charge in [0.25, 0.3) is 0 Å². The fraction of sp³-hybridized carbons (Fsp3) is 0.611. The predicted molar refractivity (Wildman–Crippen MR) is 185 cm³/mol. The summed E-state index contributed by atoms with van der Waals surface area (Å²) in [5, 5.41) is 1.36. The van der Waals surface area contributed by atoms with Crippen LogP contribution < -0.4 is 0 Å². The highest BCUT2D eigenvalue weighted by Crippen LogP contribution is 2.12. The van der Waals surface area contributed by atoms with Crippen LogP contribution in [0.3, 0.4) is 0 Å². The highest BCUT2D eigenvalue weighted by Gasteiger charge is 2.04. The minimum Gasteiger partial charge on any atom is -0.443 e. The van der Waals surface area contributed by atoms with Crippen LogP contribution in [-0.2, 0) is 4.74 Å². The van der Waals surface area contributed by atoms with Crippen molar-refractivity contribution in [1.82, 2.24) is 0 Å². The van der Waals surface area contributed by atoms with Crippen LogP contribution in [0.4, 0.5) is 0 Å². The molecule has 0 aliphatic heterocycles. The van der Waals surface area contributed by atoms with Crippen molar-refractivity contribution >= 4 is 34.5 Å². The second-order valence-corrected chi connectivity index (χ2v) is 11.0. The van der Waals surface area contributed by atoms with Crippen LogP contribution >= 0.6 is 24.4 Å². The minimum absolute atomic E-state index is 0.681. The van der Waals surface area contributed by atoms with Gasteiger partial charge in [-0.25, -0.2) is 0 Å². The topological polar surface area (TPSA) is 9.23 Å². The summed E-state index contributed by atoms with van der Waals surface area (Å²) >= 11 is 10.8. The molecule has 0 saturated carbocycles. The standard InChI is InChI=1S/C36H58OS2/c1-3-5-7-9-11-13-15-17-19-21-23-25-27-29-31-33-35(38)37-36(39)34-32-30-28-26-24-22-20-18-16-14-12-10-8-6-4-2/h5-8,11-14,17-20H,3-4,9-10,15-16,21-34H2,1-2H3. The lowest BCUT2D eigenvalue weighted by molar-refractivity contribution is 0.516. The zero-order valence-electron chi connectivity index (χ0n) is 25.3. The van der Waals surface area contributed by atoms with Gasteiger partial charge in [-0.1, -0.05) is 125 Å². The summed E-state index contributed by atoms with van der Waals surface area (Å²) in [6.45, 7) is 4.34. The van der Waals surface area contributed by atoms with E-state index in [0.29, 0.717) is 10.1 Å². The smallest absolute Gasteiger partial charge is 0.168 e. The predicted octanol–water partition coefficient (Wildman–Crippen LogP) is 12.8. The van der Waals surface area contributed by atoms with Crippen LogP contribution in [0.25, 0.3) is 0 Å². The first-order valence-electron chi connectivity index (χ1n) is 15.8. The monoisotopic (exact) mass is 570 g/mol. The number of thiocarbonyl (C=S) groups is 2. The summed E-state index contributed by atoms with van der Waals surface area (Å²) in [5.41, 5.74) is 0. The molecule has 0 fully saturated rings. The number of ether oxygens (including phenoxy) is 1. The van der Waals surface area contributed by atoms with Gasteiger partial charge in [-0.15, -0.1) is 0 Å². The first-order chi connectivity index (χ1) is 19.2. The van der Waals surface area contributed by atoms with E-state index in [1.807, 2.05) is 0 Å².